The Morgan fingerprint density at radius 2 is 1.90 bits per heavy atom. The van der Waals surface area contributed by atoms with Crippen LogP contribution in [-0.4, -0.2) is 25.0 Å². The van der Waals surface area contributed by atoms with Crippen LogP contribution in [0.1, 0.15) is 17.4 Å². The Labute approximate surface area is 135 Å². The van der Waals surface area contributed by atoms with Crippen LogP contribution in [-0.2, 0) is 23.0 Å². The molecule has 0 aliphatic carbocycles. The van der Waals surface area contributed by atoms with E-state index in [9.17, 15) is 8.42 Å². The predicted octanol–water partition coefficient (Wildman–Crippen LogP) is 3.79. The Morgan fingerprint density at radius 1 is 1.24 bits per heavy atom. The standard InChI is InChI=1S/C15H18ClNO2S2/c1-12(10-15-4-3-9-20-15)17(21(2,18)19)11-13-5-7-14(16)8-6-13/h3-9,12H,10-11H2,1-2H3. The number of hydrogen-bond donors (Lipinski definition) is 0. The molecule has 0 bridgehead atoms. The zero-order chi connectivity index (χ0) is 15.5. The fourth-order valence-corrected chi connectivity index (χ4v) is 4.26. The first-order chi connectivity index (χ1) is 9.86. The van der Waals surface area contributed by atoms with Crippen molar-refractivity contribution in [1.82, 2.24) is 4.31 Å². The SMILES string of the molecule is CC(Cc1cccs1)N(Cc1ccc(Cl)cc1)S(C)(=O)=O. The molecule has 2 aromatic rings. The minimum Gasteiger partial charge on any atom is -0.212 e. The average molecular weight is 344 g/mol. The summed E-state index contributed by atoms with van der Waals surface area (Å²) >= 11 is 7.51. The monoisotopic (exact) mass is 343 g/mol. The summed E-state index contributed by atoms with van der Waals surface area (Å²) in [5.41, 5.74) is 0.933. The Kier molecular flexibility index (Phi) is 5.43. The number of sulfonamides is 1. The molecule has 1 heterocycles. The van der Waals surface area contributed by atoms with Gasteiger partial charge in [-0.15, -0.1) is 11.3 Å². The first-order valence-corrected chi connectivity index (χ1v) is 9.70. The van der Waals surface area contributed by atoms with Crippen LogP contribution < -0.4 is 0 Å². The summed E-state index contributed by atoms with van der Waals surface area (Å²) in [6, 6.07) is 11.2. The number of benzene rings is 1. The predicted molar refractivity (Wildman–Crippen MR) is 89.3 cm³/mol. The van der Waals surface area contributed by atoms with E-state index in [1.54, 1.807) is 23.5 Å². The van der Waals surface area contributed by atoms with Gasteiger partial charge in [0.05, 0.1) is 6.26 Å². The van der Waals surface area contributed by atoms with Crippen LogP contribution in [0.5, 0.6) is 0 Å². The largest absolute Gasteiger partial charge is 0.212 e. The smallest absolute Gasteiger partial charge is 0.211 e. The summed E-state index contributed by atoms with van der Waals surface area (Å²) < 4.78 is 25.7. The van der Waals surface area contributed by atoms with Crippen molar-refractivity contribution in [3.63, 3.8) is 0 Å². The third-order valence-electron chi connectivity index (χ3n) is 3.25. The van der Waals surface area contributed by atoms with Gasteiger partial charge in [0.1, 0.15) is 0 Å². The van der Waals surface area contributed by atoms with Gasteiger partial charge in [0.15, 0.2) is 0 Å². The van der Waals surface area contributed by atoms with Gasteiger partial charge in [-0.3, -0.25) is 0 Å². The summed E-state index contributed by atoms with van der Waals surface area (Å²) in [5.74, 6) is 0. The van der Waals surface area contributed by atoms with Crippen molar-refractivity contribution in [1.29, 1.82) is 0 Å². The van der Waals surface area contributed by atoms with Crippen molar-refractivity contribution in [2.24, 2.45) is 0 Å². The molecule has 0 saturated heterocycles. The molecule has 0 aliphatic rings. The lowest BCUT2D eigenvalue weighted by atomic mass is 10.1. The zero-order valence-corrected chi connectivity index (χ0v) is 14.4. The fraction of sp³-hybridized carbons (Fsp3) is 0.333. The van der Waals surface area contributed by atoms with Crippen molar-refractivity contribution < 1.29 is 8.42 Å². The van der Waals surface area contributed by atoms with Crippen LogP contribution in [0.25, 0.3) is 0 Å². The minimum atomic E-state index is -3.27. The average Bonchev–Trinajstić information content (AvgIpc) is 2.89. The quantitative estimate of drug-likeness (QED) is 0.800. The van der Waals surface area contributed by atoms with Crippen LogP contribution >= 0.6 is 22.9 Å². The molecule has 0 fully saturated rings. The summed E-state index contributed by atoms with van der Waals surface area (Å²) in [5, 5.41) is 2.66. The summed E-state index contributed by atoms with van der Waals surface area (Å²) in [6.07, 6.45) is 1.98. The van der Waals surface area contributed by atoms with Gasteiger partial charge in [0, 0.05) is 22.5 Å². The van der Waals surface area contributed by atoms with Crippen molar-refractivity contribution in [2.75, 3.05) is 6.26 Å². The molecule has 0 spiro atoms. The second-order valence-electron chi connectivity index (χ2n) is 5.07. The lowest BCUT2D eigenvalue weighted by molar-refractivity contribution is 0.332. The molecule has 2 rings (SSSR count). The van der Waals surface area contributed by atoms with Gasteiger partial charge in [0.2, 0.25) is 10.0 Å². The van der Waals surface area contributed by atoms with Crippen LogP contribution in [0.4, 0.5) is 0 Å². The zero-order valence-electron chi connectivity index (χ0n) is 12.0. The van der Waals surface area contributed by atoms with Gasteiger partial charge in [-0.2, -0.15) is 4.31 Å². The van der Waals surface area contributed by atoms with E-state index >= 15 is 0 Å². The molecule has 114 valence electrons. The van der Waals surface area contributed by atoms with Crippen LogP contribution in [0, 0.1) is 0 Å². The number of rotatable bonds is 6. The highest BCUT2D eigenvalue weighted by molar-refractivity contribution is 7.88. The molecule has 6 heteroatoms. The molecule has 1 unspecified atom stereocenters. The Bertz CT molecular complexity index is 666. The number of halogens is 1. The van der Waals surface area contributed by atoms with Gasteiger partial charge >= 0.3 is 0 Å². The second-order valence-corrected chi connectivity index (χ2v) is 8.47. The van der Waals surface area contributed by atoms with E-state index in [0.29, 0.717) is 11.6 Å². The summed E-state index contributed by atoms with van der Waals surface area (Å²) in [6.45, 7) is 2.30. The number of thiophene rings is 1. The maximum Gasteiger partial charge on any atom is 0.211 e. The normalized spacial score (nSPS) is 13.5. The van der Waals surface area contributed by atoms with E-state index in [-0.39, 0.29) is 6.04 Å². The van der Waals surface area contributed by atoms with Crippen LogP contribution in [0.15, 0.2) is 41.8 Å². The highest BCUT2D eigenvalue weighted by Gasteiger charge is 2.24. The first kappa shape index (κ1) is 16.5. The molecule has 0 N–H and O–H groups in total. The van der Waals surface area contributed by atoms with Crippen molar-refractivity contribution >= 4 is 33.0 Å². The molecule has 1 aromatic carbocycles. The van der Waals surface area contributed by atoms with Crippen molar-refractivity contribution in [2.45, 2.75) is 25.9 Å². The van der Waals surface area contributed by atoms with E-state index in [0.717, 1.165) is 12.0 Å². The molecule has 0 radical (unpaired) electrons. The van der Waals surface area contributed by atoms with Gasteiger partial charge in [-0.05, 0) is 42.5 Å². The summed E-state index contributed by atoms with van der Waals surface area (Å²) in [4.78, 5) is 1.19. The highest BCUT2D eigenvalue weighted by Crippen LogP contribution is 2.19. The van der Waals surface area contributed by atoms with Gasteiger partial charge in [-0.1, -0.05) is 29.8 Å². The molecule has 0 aliphatic heterocycles. The van der Waals surface area contributed by atoms with Gasteiger partial charge in [0.25, 0.3) is 0 Å². The Balaban J connectivity index is 2.16. The van der Waals surface area contributed by atoms with E-state index in [2.05, 4.69) is 0 Å². The van der Waals surface area contributed by atoms with E-state index in [1.165, 1.54) is 15.4 Å². The van der Waals surface area contributed by atoms with Crippen molar-refractivity contribution in [3.05, 3.63) is 57.2 Å². The molecule has 0 saturated carbocycles. The molecular formula is C15H18ClNO2S2. The first-order valence-electron chi connectivity index (χ1n) is 6.60. The van der Waals surface area contributed by atoms with E-state index in [4.69, 9.17) is 11.6 Å². The fourth-order valence-electron chi connectivity index (χ4n) is 2.19. The van der Waals surface area contributed by atoms with Crippen LogP contribution in [0.2, 0.25) is 5.02 Å². The lowest BCUT2D eigenvalue weighted by Crippen LogP contribution is -2.38. The molecule has 1 aromatic heterocycles. The van der Waals surface area contributed by atoms with Gasteiger partial charge in [-0.25, -0.2) is 8.42 Å². The second kappa shape index (κ2) is 6.92. The molecule has 3 nitrogen and oxygen atoms in total. The lowest BCUT2D eigenvalue weighted by Gasteiger charge is -2.26. The summed E-state index contributed by atoms with van der Waals surface area (Å²) in [7, 11) is -3.27. The Hall–Kier alpha value is -0.880. The maximum atomic E-state index is 12.1. The maximum absolute atomic E-state index is 12.1. The topological polar surface area (TPSA) is 37.4 Å². The molecule has 21 heavy (non-hydrogen) atoms. The Morgan fingerprint density at radius 3 is 2.43 bits per heavy atom. The minimum absolute atomic E-state index is 0.0886. The third kappa shape index (κ3) is 4.81. The molecule has 0 amide bonds. The molecular weight excluding hydrogens is 326 g/mol. The van der Waals surface area contributed by atoms with Crippen molar-refractivity contribution in [3.8, 4) is 0 Å². The van der Waals surface area contributed by atoms with Gasteiger partial charge < -0.3 is 0 Å². The van der Waals surface area contributed by atoms with E-state index in [1.807, 2.05) is 36.6 Å². The number of hydrogen-bond acceptors (Lipinski definition) is 3. The van der Waals surface area contributed by atoms with E-state index < -0.39 is 10.0 Å². The van der Waals surface area contributed by atoms with Crippen LogP contribution in [0.3, 0.4) is 0 Å². The number of nitrogens with zero attached hydrogens (tertiary/aromatic N) is 1. The highest BCUT2D eigenvalue weighted by atomic mass is 35.5. The molecule has 1 atom stereocenters. The third-order valence-corrected chi connectivity index (χ3v) is 5.74.